The molecule has 10 nitrogen and oxygen atoms in total. The number of hydrogen-bond donors (Lipinski definition) is 3. The summed E-state index contributed by atoms with van der Waals surface area (Å²) in [5, 5.41) is 12.8. The standard InChI is InChI=1S/C20H23BN6O4/c1-30-8-13-5-15(6-13)27-19-17(26-20(27)28)18(24-11-25-19)23-10-22-7-12-2-3-16-14(4-12)9-31-21(16)29/h2-4,7,11,13,15,29H,5-6,8-10H2,1H3,(H,26,28)(H,23,24,25). The molecular weight excluding hydrogens is 399 g/mol. The minimum Gasteiger partial charge on any atom is -0.423 e. The average Bonchev–Trinajstić information content (AvgIpc) is 3.27. The van der Waals surface area contributed by atoms with Gasteiger partial charge in [0.15, 0.2) is 11.5 Å². The first-order valence-corrected chi connectivity index (χ1v) is 10.2. The minimum absolute atomic E-state index is 0.129. The fourth-order valence-corrected chi connectivity index (χ4v) is 4.30. The Bertz CT molecular complexity index is 1190. The van der Waals surface area contributed by atoms with Crippen LogP contribution in [0.2, 0.25) is 0 Å². The van der Waals surface area contributed by atoms with Gasteiger partial charge in [0.2, 0.25) is 0 Å². The second-order valence-electron chi connectivity index (χ2n) is 7.94. The molecule has 5 rings (SSSR count). The lowest BCUT2D eigenvalue weighted by Gasteiger charge is -2.35. The fourth-order valence-electron chi connectivity index (χ4n) is 4.30. The van der Waals surface area contributed by atoms with E-state index in [1.54, 1.807) is 17.9 Å². The van der Waals surface area contributed by atoms with E-state index in [0.717, 1.165) is 29.4 Å². The number of nitrogens with zero attached hydrogens (tertiary/aromatic N) is 4. The normalized spacial score (nSPS) is 20.4. The molecule has 0 radical (unpaired) electrons. The van der Waals surface area contributed by atoms with Crippen LogP contribution < -0.4 is 16.5 Å². The van der Waals surface area contributed by atoms with Crippen molar-refractivity contribution >= 4 is 35.8 Å². The van der Waals surface area contributed by atoms with Crippen LogP contribution in [0.25, 0.3) is 11.2 Å². The Morgan fingerprint density at radius 1 is 1.45 bits per heavy atom. The molecule has 3 aromatic rings. The third-order valence-corrected chi connectivity index (χ3v) is 5.89. The maximum atomic E-state index is 12.5. The van der Waals surface area contributed by atoms with Crippen molar-refractivity contribution in [2.24, 2.45) is 10.9 Å². The van der Waals surface area contributed by atoms with Gasteiger partial charge in [-0.1, -0.05) is 12.1 Å². The molecule has 3 heterocycles. The van der Waals surface area contributed by atoms with Gasteiger partial charge in [-0.2, -0.15) is 0 Å². The van der Waals surface area contributed by atoms with Crippen LogP contribution in [0, 0.1) is 5.92 Å². The first-order chi connectivity index (χ1) is 15.1. The number of fused-ring (bicyclic) bond motifs is 2. The van der Waals surface area contributed by atoms with Gasteiger partial charge in [0.1, 0.15) is 18.5 Å². The number of aromatic amines is 1. The fraction of sp³-hybridized carbons (Fsp3) is 0.400. The van der Waals surface area contributed by atoms with Crippen molar-refractivity contribution < 1.29 is 14.4 Å². The molecule has 0 unspecified atom stereocenters. The third kappa shape index (κ3) is 3.75. The second-order valence-corrected chi connectivity index (χ2v) is 7.94. The third-order valence-electron chi connectivity index (χ3n) is 5.89. The van der Waals surface area contributed by atoms with Crippen molar-refractivity contribution in [1.29, 1.82) is 0 Å². The maximum Gasteiger partial charge on any atom is 0.491 e. The van der Waals surface area contributed by atoms with E-state index >= 15 is 0 Å². The number of methoxy groups -OCH3 is 1. The van der Waals surface area contributed by atoms with E-state index < -0.39 is 7.12 Å². The van der Waals surface area contributed by atoms with Crippen LogP contribution in [0.1, 0.15) is 30.0 Å². The lowest BCUT2D eigenvalue weighted by molar-refractivity contribution is 0.0778. The molecule has 3 N–H and O–H groups in total. The van der Waals surface area contributed by atoms with Gasteiger partial charge < -0.3 is 24.7 Å². The Morgan fingerprint density at radius 2 is 2.32 bits per heavy atom. The lowest BCUT2D eigenvalue weighted by Crippen LogP contribution is -2.34. The molecule has 1 aliphatic carbocycles. The van der Waals surface area contributed by atoms with Gasteiger partial charge in [0.05, 0.1) is 6.61 Å². The Kier molecular flexibility index (Phi) is 5.30. The van der Waals surface area contributed by atoms with Crippen LogP contribution in [0.4, 0.5) is 5.82 Å². The van der Waals surface area contributed by atoms with Crippen LogP contribution in [-0.4, -0.2) is 58.3 Å². The monoisotopic (exact) mass is 422 g/mol. The highest BCUT2D eigenvalue weighted by molar-refractivity contribution is 6.61. The number of anilines is 1. The molecule has 160 valence electrons. The van der Waals surface area contributed by atoms with Crippen LogP contribution in [-0.2, 0) is 16.0 Å². The molecule has 11 heteroatoms. The van der Waals surface area contributed by atoms with Crippen molar-refractivity contribution in [2.75, 3.05) is 25.7 Å². The summed E-state index contributed by atoms with van der Waals surface area (Å²) in [5.74, 6) is 1.02. The number of aliphatic imine (C=N–C) groups is 1. The topological polar surface area (TPSA) is 127 Å². The highest BCUT2D eigenvalue weighted by Crippen LogP contribution is 2.38. The minimum atomic E-state index is -0.844. The number of rotatable bonds is 7. The molecule has 1 aliphatic heterocycles. The van der Waals surface area contributed by atoms with Crippen molar-refractivity contribution in [3.05, 3.63) is 46.1 Å². The molecular formula is C20H23BN6O4. The number of H-pyrrole nitrogens is 1. The largest absolute Gasteiger partial charge is 0.491 e. The van der Waals surface area contributed by atoms with E-state index in [9.17, 15) is 9.82 Å². The zero-order valence-electron chi connectivity index (χ0n) is 17.1. The summed E-state index contributed by atoms with van der Waals surface area (Å²) in [6, 6.07) is 5.81. The average molecular weight is 422 g/mol. The number of ether oxygens (including phenoxy) is 1. The zero-order valence-corrected chi connectivity index (χ0v) is 17.1. The molecule has 1 saturated carbocycles. The summed E-state index contributed by atoms with van der Waals surface area (Å²) in [4.78, 5) is 28.4. The highest BCUT2D eigenvalue weighted by Gasteiger charge is 2.33. The van der Waals surface area contributed by atoms with Gasteiger partial charge in [-0.15, -0.1) is 0 Å². The summed E-state index contributed by atoms with van der Waals surface area (Å²) < 4.78 is 12.1. The van der Waals surface area contributed by atoms with E-state index in [2.05, 4.69) is 25.3 Å². The molecule has 1 fully saturated rings. The Labute approximate surface area is 178 Å². The van der Waals surface area contributed by atoms with Gasteiger partial charge in [0, 0.05) is 26.0 Å². The molecule has 0 saturated heterocycles. The molecule has 31 heavy (non-hydrogen) atoms. The van der Waals surface area contributed by atoms with Gasteiger partial charge in [-0.25, -0.2) is 14.8 Å². The zero-order chi connectivity index (χ0) is 21.4. The summed E-state index contributed by atoms with van der Waals surface area (Å²) in [6.07, 6.45) is 5.01. The second kappa shape index (κ2) is 8.25. The number of imidazole rings is 1. The molecule has 0 spiro atoms. The van der Waals surface area contributed by atoms with E-state index in [-0.39, 0.29) is 18.4 Å². The van der Waals surface area contributed by atoms with Crippen LogP contribution in [0.5, 0.6) is 0 Å². The van der Waals surface area contributed by atoms with Crippen LogP contribution in [0.15, 0.2) is 34.3 Å². The van der Waals surface area contributed by atoms with Crippen molar-refractivity contribution in [3.63, 3.8) is 0 Å². The van der Waals surface area contributed by atoms with Gasteiger partial charge in [-0.3, -0.25) is 9.56 Å². The Hall–Kier alpha value is -3.02. The lowest BCUT2D eigenvalue weighted by atomic mass is 9.79. The molecule has 0 bridgehead atoms. The van der Waals surface area contributed by atoms with E-state index in [1.165, 1.54) is 6.33 Å². The van der Waals surface area contributed by atoms with Crippen LogP contribution in [0.3, 0.4) is 0 Å². The Balaban J connectivity index is 1.28. The summed E-state index contributed by atoms with van der Waals surface area (Å²) in [6.45, 7) is 1.40. The van der Waals surface area contributed by atoms with Crippen molar-refractivity contribution in [1.82, 2.24) is 19.5 Å². The Morgan fingerprint density at radius 3 is 3.16 bits per heavy atom. The van der Waals surface area contributed by atoms with Gasteiger partial charge in [-0.05, 0) is 41.4 Å². The first-order valence-electron chi connectivity index (χ1n) is 10.2. The van der Waals surface area contributed by atoms with Crippen molar-refractivity contribution in [2.45, 2.75) is 25.5 Å². The predicted molar refractivity (Wildman–Crippen MR) is 117 cm³/mol. The van der Waals surface area contributed by atoms with Gasteiger partial charge in [0.25, 0.3) is 0 Å². The SMILES string of the molecule is COCC1CC(n2c(=O)[nH]c3c(NCN=Cc4ccc5c(c4)COB5O)ncnc32)C1. The molecule has 0 amide bonds. The number of hydrogen-bond acceptors (Lipinski definition) is 8. The predicted octanol–water partition coefficient (Wildman–Crippen LogP) is 0.423. The molecule has 2 aliphatic rings. The quantitative estimate of drug-likeness (QED) is 0.372. The van der Waals surface area contributed by atoms with Crippen LogP contribution >= 0.6 is 0 Å². The number of aromatic nitrogens is 4. The molecule has 2 aromatic heterocycles. The van der Waals surface area contributed by atoms with Gasteiger partial charge >= 0.3 is 12.8 Å². The molecule has 0 atom stereocenters. The smallest absolute Gasteiger partial charge is 0.423 e. The van der Waals surface area contributed by atoms with E-state index in [4.69, 9.17) is 9.39 Å². The summed E-state index contributed by atoms with van der Waals surface area (Å²) >= 11 is 0. The maximum absolute atomic E-state index is 12.5. The van der Waals surface area contributed by atoms with E-state index in [0.29, 0.717) is 36.1 Å². The number of benzene rings is 1. The molecule has 1 aromatic carbocycles. The highest BCUT2D eigenvalue weighted by atomic mass is 16.5. The number of nitrogens with one attached hydrogen (secondary N) is 2. The first kappa shape index (κ1) is 19.9. The van der Waals surface area contributed by atoms with Crippen molar-refractivity contribution in [3.8, 4) is 0 Å². The summed E-state index contributed by atoms with van der Waals surface area (Å²) in [5.41, 5.74) is 3.69. The summed E-state index contributed by atoms with van der Waals surface area (Å²) in [7, 11) is 0.852. The van der Waals surface area contributed by atoms with E-state index in [1.807, 2.05) is 18.2 Å².